The Morgan fingerprint density at radius 1 is 1.14 bits per heavy atom. The Labute approximate surface area is 207 Å². The molecule has 0 atom stereocenters. The monoisotopic (exact) mass is 502 g/mol. The molecule has 1 amide bonds. The predicted molar refractivity (Wildman–Crippen MR) is 129 cm³/mol. The lowest BCUT2D eigenvalue weighted by Gasteiger charge is -2.39. The van der Waals surface area contributed by atoms with Crippen LogP contribution in [0.2, 0.25) is 0 Å². The second kappa shape index (κ2) is 11.1. The number of aromatic nitrogens is 3. The Balaban J connectivity index is 1.50. The molecular formula is C25H29F3N6O2. The van der Waals surface area contributed by atoms with Crippen molar-refractivity contribution < 1.29 is 22.4 Å². The number of hydrogen-bond acceptors (Lipinski definition) is 7. The number of halogens is 3. The molecule has 4 rings (SSSR count). The summed E-state index contributed by atoms with van der Waals surface area (Å²) >= 11 is 0. The maximum Gasteiger partial charge on any atom is 0.314 e. The van der Waals surface area contributed by atoms with Gasteiger partial charge < -0.3 is 19.1 Å². The number of pyridine rings is 1. The Morgan fingerprint density at radius 3 is 2.47 bits per heavy atom. The average molecular weight is 503 g/mol. The Morgan fingerprint density at radius 2 is 1.89 bits per heavy atom. The number of rotatable bonds is 9. The molecule has 0 N–H and O–H groups in total. The fraction of sp³-hybridized carbons (Fsp3) is 0.440. The zero-order chi connectivity index (χ0) is 25.8. The van der Waals surface area contributed by atoms with Crippen LogP contribution in [0.15, 0.2) is 40.9 Å². The van der Waals surface area contributed by atoms with Gasteiger partial charge in [-0.2, -0.15) is 8.78 Å². The van der Waals surface area contributed by atoms with Crippen LogP contribution >= 0.6 is 0 Å². The first-order valence-corrected chi connectivity index (χ1v) is 11.8. The normalized spacial score (nSPS) is 15.0. The largest absolute Gasteiger partial charge is 0.415 e. The number of alkyl halides is 2. The molecule has 1 aliphatic heterocycles. The van der Waals surface area contributed by atoms with Crippen molar-refractivity contribution in [3.8, 4) is 11.5 Å². The molecule has 2 aromatic heterocycles. The molecule has 0 aliphatic carbocycles. The molecule has 0 saturated carbocycles. The maximum atomic E-state index is 14.3. The van der Waals surface area contributed by atoms with Gasteiger partial charge in [-0.05, 0) is 57.0 Å². The standard InChI is InChI=1S/C25H29F3N6O2/c1-16(2)33-10-8-20(9-11-33)34(15-35)22-12-18(26)5-7-21(22)32(3)14-19-6-4-17(13-29-19)24-30-31-25(36-24)23(27)28/h4-7,12-13,15-16,20,23H,8-11,14H2,1-3H3. The molecule has 3 aromatic rings. The third kappa shape index (κ3) is 5.67. The van der Waals surface area contributed by atoms with E-state index in [2.05, 4.69) is 33.9 Å². The van der Waals surface area contributed by atoms with Gasteiger partial charge in [-0.1, -0.05) is 0 Å². The molecule has 0 unspecified atom stereocenters. The molecule has 192 valence electrons. The lowest BCUT2D eigenvalue weighted by Crippen LogP contribution is -2.47. The van der Waals surface area contributed by atoms with Crippen molar-refractivity contribution in [1.82, 2.24) is 20.1 Å². The quantitative estimate of drug-likeness (QED) is 0.393. The number of carbonyl (C=O) groups is 1. The summed E-state index contributed by atoms with van der Waals surface area (Å²) in [5.74, 6) is -1.20. The number of benzene rings is 1. The number of nitrogens with zero attached hydrogens (tertiary/aromatic N) is 6. The van der Waals surface area contributed by atoms with Gasteiger partial charge in [0.25, 0.3) is 5.89 Å². The van der Waals surface area contributed by atoms with Gasteiger partial charge >= 0.3 is 6.43 Å². The highest BCUT2D eigenvalue weighted by atomic mass is 19.3. The van der Waals surface area contributed by atoms with Crippen LogP contribution in [0, 0.1) is 5.82 Å². The van der Waals surface area contributed by atoms with Crippen molar-refractivity contribution in [2.45, 2.75) is 51.7 Å². The Bertz CT molecular complexity index is 1160. The van der Waals surface area contributed by atoms with Gasteiger partial charge in [0.05, 0.1) is 29.2 Å². The van der Waals surface area contributed by atoms with Gasteiger partial charge in [0.15, 0.2) is 0 Å². The van der Waals surface area contributed by atoms with Crippen LogP contribution < -0.4 is 9.80 Å². The van der Waals surface area contributed by atoms with Crippen molar-refractivity contribution in [3.05, 3.63) is 53.9 Å². The molecule has 0 bridgehead atoms. The lowest BCUT2D eigenvalue weighted by molar-refractivity contribution is -0.108. The van der Waals surface area contributed by atoms with Crippen LogP contribution in [0.4, 0.5) is 24.5 Å². The van der Waals surface area contributed by atoms with Crippen molar-refractivity contribution in [1.29, 1.82) is 0 Å². The van der Waals surface area contributed by atoms with E-state index in [1.165, 1.54) is 18.3 Å². The molecule has 1 saturated heterocycles. The number of piperidine rings is 1. The van der Waals surface area contributed by atoms with E-state index in [0.29, 0.717) is 35.2 Å². The third-order valence-electron chi connectivity index (χ3n) is 6.46. The van der Waals surface area contributed by atoms with Crippen LogP contribution in [0.3, 0.4) is 0 Å². The minimum atomic E-state index is -2.84. The zero-order valence-electron chi connectivity index (χ0n) is 20.4. The first-order valence-electron chi connectivity index (χ1n) is 11.8. The molecular weight excluding hydrogens is 473 g/mol. The van der Waals surface area contributed by atoms with Crippen molar-refractivity contribution >= 4 is 17.8 Å². The number of carbonyl (C=O) groups excluding carboxylic acids is 1. The minimum absolute atomic E-state index is 0.0172. The van der Waals surface area contributed by atoms with Gasteiger partial charge in [0.2, 0.25) is 12.3 Å². The van der Waals surface area contributed by atoms with Crippen molar-refractivity contribution in [3.63, 3.8) is 0 Å². The van der Waals surface area contributed by atoms with E-state index < -0.39 is 18.1 Å². The first-order chi connectivity index (χ1) is 17.3. The van der Waals surface area contributed by atoms with Crippen LogP contribution in [-0.4, -0.2) is 58.7 Å². The molecule has 1 aromatic carbocycles. The number of anilines is 2. The second-order valence-electron chi connectivity index (χ2n) is 9.15. The molecule has 11 heteroatoms. The van der Waals surface area contributed by atoms with E-state index in [1.807, 2.05) is 11.9 Å². The van der Waals surface area contributed by atoms with E-state index in [0.717, 1.165) is 32.3 Å². The number of amides is 1. The van der Waals surface area contributed by atoms with Gasteiger partial charge in [0.1, 0.15) is 5.82 Å². The smallest absolute Gasteiger partial charge is 0.314 e. The molecule has 0 radical (unpaired) electrons. The summed E-state index contributed by atoms with van der Waals surface area (Å²) in [4.78, 5) is 22.5. The molecule has 8 nitrogen and oxygen atoms in total. The van der Waals surface area contributed by atoms with E-state index in [-0.39, 0.29) is 11.9 Å². The van der Waals surface area contributed by atoms with Gasteiger partial charge in [-0.25, -0.2) is 4.39 Å². The summed E-state index contributed by atoms with van der Waals surface area (Å²) in [6.45, 7) is 6.43. The molecule has 1 aliphatic rings. The highest BCUT2D eigenvalue weighted by molar-refractivity contribution is 5.84. The highest BCUT2D eigenvalue weighted by Crippen LogP contribution is 2.33. The second-order valence-corrected chi connectivity index (χ2v) is 9.15. The maximum absolute atomic E-state index is 14.3. The molecule has 1 fully saturated rings. The molecule has 0 spiro atoms. The molecule has 36 heavy (non-hydrogen) atoms. The lowest BCUT2D eigenvalue weighted by atomic mass is 10.0. The summed E-state index contributed by atoms with van der Waals surface area (Å²) in [5.41, 5.74) is 2.30. The number of likely N-dealkylation sites (tertiary alicyclic amines) is 1. The van der Waals surface area contributed by atoms with Crippen LogP contribution in [0.1, 0.15) is 44.7 Å². The summed E-state index contributed by atoms with van der Waals surface area (Å²) in [5, 5.41) is 6.95. The fourth-order valence-electron chi connectivity index (χ4n) is 4.46. The number of hydrogen-bond donors (Lipinski definition) is 0. The summed E-state index contributed by atoms with van der Waals surface area (Å²) in [6, 6.07) is 8.22. The van der Waals surface area contributed by atoms with Crippen LogP contribution in [0.25, 0.3) is 11.5 Å². The van der Waals surface area contributed by atoms with Crippen molar-refractivity contribution in [2.24, 2.45) is 0 Å². The van der Waals surface area contributed by atoms with Gasteiger partial charge in [-0.3, -0.25) is 9.78 Å². The molecule has 3 heterocycles. The minimum Gasteiger partial charge on any atom is -0.415 e. The Kier molecular flexibility index (Phi) is 7.88. The Hall–Kier alpha value is -3.47. The van der Waals surface area contributed by atoms with Gasteiger partial charge in [0, 0.05) is 38.4 Å². The summed E-state index contributed by atoms with van der Waals surface area (Å²) < 4.78 is 44.7. The van der Waals surface area contributed by atoms with Gasteiger partial charge in [-0.15, -0.1) is 10.2 Å². The predicted octanol–water partition coefficient (Wildman–Crippen LogP) is 4.68. The SMILES string of the molecule is CC(C)N1CCC(N(C=O)c2cc(F)ccc2N(C)Cc2ccc(-c3nnc(C(F)F)o3)cn2)CC1. The zero-order valence-corrected chi connectivity index (χ0v) is 20.4. The summed E-state index contributed by atoms with van der Waals surface area (Å²) in [6.07, 6.45) is 1.03. The highest BCUT2D eigenvalue weighted by Gasteiger charge is 2.28. The fourth-order valence-corrected chi connectivity index (χ4v) is 4.46. The first kappa shape index (κ1) is 25.6. The van der Waals surface area contributed by atoms with Crippen LogP contribution in [-0.2, 0) is 11.3 Å². The van der Waals surface area contributed by atoms with E-state index in [1.54, 1.807) is 23.1 Å². The van der Waals surface area contributed by atoms with Crippen molar-refractivity contribution in [2.75, 3.05) is 29.9 Å². The third-order valence-corrected chi connectivity index (χ3v) is 6.46. The topological polar surface area (TPSA) is 78.6 Å². The summed E-state index contributed by atoms with van der Waals surface area (Å²) in [7, 11) is 1.84. The van der Waals surface area contributed by atoms with Crippen LogP contribution in [0.5, 0.6) is 0 Å². The van der Waals surface area contributed by atoms with E-state index in [9.17, 15) is 18.0 Å². The average Bonchev–Trinajstić information content (AvgIpc) is 3.36. The van der Waals surface area contributed by atoms with E-state index in [4.69, 9.17) is 4.42 Å². The van der Waals surface area contributed by atoms with E-state index >= 15 is 0 Å².